The van der Waals surface area contributed by atoms with Crippen molar-refractivity contribution >= 4 is 39.6 Å². The number of amidine groups is 1. The lowest BCUT2D eigenvalue weighted by Gasteiger charge is -2.40. The molecule has 6 nitrogen and oxygen atoms in total. The largest absolute Gasteiger partial charge is 0.493 e. The standard InChI is InChI=1S/C19H24N4O2S.BrH/c1-3-25-16-8-12-11-6-4-5-7-14(11)23-18(13(12)9-15(16)24-2)17(10-20)26-19(21)22;/h8-9,11,14,23H,3-7H2,1-2H3,(H3,21,22);1H. The van der Waals surface area contributed by atoms with Crippen molar-refractivity contribution in [3.63, 3.8) is 0 Å². The van der Waals surface area contributed by atoms with E-state index >= 15 is 0 Å². The molecule has 1 aromatic carbocycles. The van der Waals surface area contributed by atoms with Crippen molar-refractivity contribution in [1.82, 2.24) is 5.32 Å². The van der Waals surface area contributed by atoms with Crippen LogP contribution in [0.1, 0.15) is 49.7 Å². The normalized spacial score (nSPS) is 22.1. The minimum absolute atomic E-state index is 0. The molecule has 0 amide bonds. The molecule has 0 radical (unpaired) electrons. The summed E-state index contributed by atoms with van der Waals surface area (Å²) in [5, 5.41) is 20.7. The lowest BCUT2D eigenvalue weighted by atomic mass is 9.75. The Labute approximate surface area is 174 Å². The number of hydrogen-bond acceptors (Lipinski definition) is 6. The molecule has 2 unspecified atom stereocenters. The number of thioether (sulfide) groups is 1. The monoisotopic (exact) mass is 452 g/mol. The second-order valence-electron chi connectivity index (χ2n) is 6.45. The molecule has 1 saturated carbocycles. The summed E-state index contributed by atoms with van der Waals surface area (Å²) in [6.07, 6.45) is 4.54. The molecule has 0 bridgehead atoms. The molecule has 3 rings (SSSR count). The van der Waals surface area contributed by atoms with Crippen LogP contribution in [0.3, 0.4) is 0 Å². The summed E-state index contributed by atoms with van der Waals surface area (Å²) in [4.78, 5) is 0.411. The summed E-state index contributed by atoms with van der Waals surface area (Å²) >= 11 is 0.982. The molecule has 0 saturated heterocycles. The Kier molecular flexibility index (Phi) is 7.45. The Morgan fingerprint density at radius 3 is 2.74 bits per heavy atom. The fourth-order valence-corrected chi connectivity index (χ4v) is 4.43. The Bertz CT molecular complexity index is 791. The number of fused-ring (bicyclic) bond motifs is 3. The highest BCUT2D eigenvalue weighted by atomic mass is 79.9. The number of nitrogens with zero attached hydrogens (tertiary/aromatic N) is 1. The Morgan fingerprint density at radius 2 is 2.11 bits per heavy atom. The van der Waals surface area contributed by atoms with E-state index in [0.29, 0.717) is 23.2 Å². The smallest absolute Gasteiger partial charge is 0.161 e. The summed E-state index contributed by atoms with van der Waals surface area (Å²) in [5.41, 5.74) is 8.41. The van der Waals surface area contributed by atoms with E-state index in [4.69, 9.17) is 20.6 Å². The fourth-order valence-electron chi connectivity index (χ4n) is 3.89. The Balaban J connectivity index is 0.00000261. The molecule has 8 heteroatoms. The molecule has 0 aromatic heterocycles. The highest BCUT2D eigenvalue weighted by Gasteiger charge is 2.36. The number of methoxy groups -OCH3 is 1. The predicted octanol–water partition coefficient (Wildman–Crippen LogP) is 4.12. The maximum atomic E-state index is 9.64. The number of allylic oxidation sites excluding steroid dienone is 1. The van der Waals surface area contributed by atoms with Crippen LogP contribution in [0.5, 0.6) is 11.5 Å². The van der Waals surface area contributed by atoms with Gasteiger partial charge in [0.2, 0.25) is 0 Å². The number of ether oxygens (including phenoxy) is 2. The van der Waals surface area contributed by atoms with Crippen LogP contribution in [-0.2, 0) is 0 Å². The van der Waals surface area contributed by atoms with Gasteiger partial charge < -0.3 is 20.5 Å². The zero-order chi connectivity index (χ0) is 18.7. The van der Waals surface area contributed by atoms with E-state index in [1.165, 1.54) is 18.4 Å². The van der Waals surface area contributed by atoms with Crippen molar-refractivity contribution < 1.29 is 9.47 Å². The van der Waals surface area contributed by atoms with Crippen LogP contribution in [0.15, 0.2) is 17.0 Å². The molecule has 0 spiro atoms. The van der Waals surface area contributed by atoms with Gasteiger partial charge in [-0.15, -0.1) is 17.0 Å². The third-order valence-electron chi connectivity index (χ3n) is 4.94. The first-order chi connectivity index (χ1) is 12.6. The summed E-state index contributed by atoms with van der Waals surface area (Å²) in [6, 6.07) is 6.49. The Hall–Kier alpha value is -1.85. The molecule has 146 valence electrons. The first-order valence-corrected chi connectivity index (χ1v) is 9.68. The van der Waals surface area contributed by atoms with Crippen molar-refractivity contribution in [1.29, 1.82) is 10.7 Å². The summed E-state index contributed by atoms with van der Waals surface area (Å²) in [7, 11) is 1.61. The van der Waals surface area contributed by atoms with Gasteiger partial charge in [0.15, 0.2) is 16.7 Å². The fraction of sp³-hybridized carbons (Fsp3) is 0.474. The van der Waals surface area contributed by atoms with E-state index in [2.05, 4.69) is 17.5 Å². The minimum Gasteiger partial charge on any atom is -0.493 e. The van der Waals surface area contributed by atoms with Crippen LogP contribution in [0.25, 0.3) is 5.70 Å². The molecule has 4 N–H and O–H groups in total. The highest BCUT2D eigenvalue weighted by Crippen LogP contribution is 2.46. The van der Waals surface area contributed by atoms with Crippen LogP contribution in [0.4, 0.5) is 0 Å². The number of nitrogens with one attached hydrogen (secondary N) is 2. The van der Waals surface area contributed by atoms with Crippen molar-refractivity contribution in [2.45, 2.75) is 44.6 Å². The van der Waals surface area contributed by atoms with Crippen LogP contribution in [0, 0.1) is 16.7 Å². The van der Waals surface area contributed by atoms with Gasteiger partial charge in [-0.05, 0) is 49.2 Å². The van der Waals surface area contributed by atoms with Gasteiger partial charge in [-0.3, -0.25) is 5.41 Å². The van der Waals surface area contributed by atoms with Gasteiger partial charge in [0.05, 0.1) is 19.4 Å². The first-order valence-electron chi connectivity index (χ1n) is 8.86. The van der Waals surface area contributed by atoms with Gasteiger partial charge in [0.25, 0.3) is 0 Å². The van der Waals surface area contributed by atoms with Gasteiger partial charge >= 0.3 is 0 Å². The van der Waals surface area contributed by atoms with Crippen LogP contribution in [-0.4, -0.2) is 24.9 Å². The van der Waals surface area contributed by atoms with E-state index < -0.39 is 0 Å². The second-order valence-corrected chi connectivity index (χ2v) is 7.50. The van der Waals surface area contributed by atoms with Crippen molar-refractivity contribution in [2.75, 3.05) is 13.7 Å². The molecule has 27 heavy (non-hydrogen) atoms. The molecule has 1 heterocycles. The van der Waals surface area contributed by atoms with E-state index in [1.807, 2.05) is 13.0 Å². The summed E-state index contributed by atoms with van der Waals surface area (Å²) in [6.45, 7) is 2.51. The molecule has 2 aliphatic rings. The molecule has 2 atom stereocenters. The average Bonchev–Trinajstić information content (AvgIpc) is 2.65. The zero-order valence-electron chi connectivity index (χ0n) is 15.5. The number of hydrogen-bond donors (Lipinski definition) is 3. The molecule has 1 aliphatic heterocycles. The lowest BCUT2D eigenvalue weighted by molar-refractivity contribution is 0.306. The SMILES string of the molecule is Br.CCOc1cc2c(cc1OC)C(=C(C#N)SC(=N)N)NC1CCCCC21. The van der Waals surface area contributed by atoms with Crippen molar-refractivity contribution in [2.24, 2.45) is 5.73 Å². The van der Waals surface area contributed by atoms with Crippen molar-refractivity contribution in [3.8, 4) is 17.6 Å². The van der Waals surface area contributed by atoms with Gasteiger partial charge in [0, 0.05) is 17.5 Å². The number of nitriles is 1. The third-order valence-corrected chi connectivity index (χ3v) is 5.66. The number of halogens is 1. The maximum absolute atomic E-state index is 9.64. The first kappa shape index (κ1) is 21.5. The summed E-state index contributed by atoms with van der Waals surface area (Å²) < 4.78 is 11.3. The van der Waals surface area contributed by atoms with Gasteiger partial charge in [-0.1, -0.05) is 12.8 Å². The van der Waals surface area contributed by atoms with Gasteiger partial charge in [0.1, 0.15) is 11.0 Å². The molecular formula is C19H25BrN4O2S. The summed E-state index contributed by atoms with van der Waals surface area (Å²) in [5.74, 6) is 1.76. The van der Waals surface area contributed by atoms with E-state index in [9.17, 15) is 5.26 Å². The number of nitrogens with two attached hydrogens (primary N) is 1. The lowest BCUT2D eigenvalue weighted by Crippen LogP contribution is -2.41. The third kappa shape index (κ3) is 4.36. The van der Waals surface area contributed by atoms with E-state index in [0.717, 1.165) is 41.6 Å². The average molecular weight is 453 g/mol. The van der Waals surface area contributed by atoms with Crippen molar-refractivity contribution in [3.05, 3.63) is 28.2 Å². The molecule has 1 fully saturated rings. The maximum Gasteiger partial charge on any atom is 0.161 e. The zero-order valence-corrected chi connectivity index (χ0v) is 18.0. The molecular weight excluding hydrogens is 428 g/mol. The van der Waals surface area contributed by atoms with E-state index in [-0.39, 0.29) is 28.2 Å². The predicted molar refractivity (Wildman–Crippen MR) is 115 cm³/mol. The number of rotatable bonds is 4. The molecule has 1 aromatic rings. The highest BCUT2D eigenvalue weighted by molar-refractivity contribution is 8.93. The minimum atomic E-state index is -0.0962. The quantitative estimate of drug-likeness (QED) is 0.360. The topological polar surface area (TPSA) is 104 Å². The second kappa shape index (κ2) is 9.38. The van der Waals surface area contributed by atoms with Crippen LogP contribution in [0.2, 0.25) is 0 Å². The van der Waals surface area contributed by atoms with Crippen LogP contribution < -0.4 is 20.5 Å². The van der Waals surface area contributed by atoms with Gasteiger partial charge in [-0.25, -0.2) is 0 Å². The van der Waals surface area contributed by atoms with Gasteiger partial charge in [-0.2, -0.15) is 5.26 Å². The molecule has 1 aliphatic carbocycles. The number of benzene rings is 1. The van der Waals surface area contributed by atoms with E-state index in [1.54, 1.807) is 7.11 Å². The Morgan fingerprint density at radius 1 is 1.37 bits per heavy atom. The van der Waals surface area contributed by atoms with Crippen LogP contribution >= 0.6 is 28.7 Å².